The maximum atomic E-state index is 12.3. The standard InChI is InChI=1S/C16H19N3O2/c1-19-10-13(9-17-19)16(20)18-15(11-3-4-11)12-5-7-14(21-2)8-6-12/h5-11,15H,3-4H2,1-2H3,(H,18,20). The highest BCUT2D eigenvalue weighted by atomic mass is 16.5. The third-order valence-electron chi connectivity index (χ3n) is 3.82. The van der Waals surface area contributed by atoms with Crippen LogP contribution in [0.25, 0.3) is 0 Å². The molecule has 0 saturated heterocycles. The number of hydrogen-bond acceptors (Lipinski definition) is 3. The second kappa shape index (κ2) is 5.60. The molecule has 1 aliphatic rings. The van der Waals surface area contributed by atoms with Crippen molar-refractivity contribution in [3.8, 4) is 5.75 Å². The number of nitrogens with zero attached hydrogens (tertiary/aromatic N) is 2. The first-order valence-electron chi connectivity index (χ1n) is 7.11. The Morgan fingerprint density at radius 3 is 2.62 bits per heavy atom. The van der Waals surface area contributed by atoms with Gasteiger partial charge in [0.25, 0.3) is 5.91 Å². The van der Waals surface area contributed by atoms with Crippen molar-refractivity contribution in [2.24, 2.45) is 13.0 Å². The van der Waals surface area contributed by atoms with E-state index in [4.69, 9.17) is 4.74 Å². The smallest absolute Gasteiger partial charge is 0.254 e. The van der Waals surface area contributed by atoms with Crippen LogP contribution in [0.1, 0.15) is 34.8 Å². The predicted molar refractivity (Wildman–Crippen MR) is 79.1 cm³/mol. The molecule has 1 unspecified atom stereocenters. The van der Waals surface area contributed by atoms with Crippen LogP contribution in [0.3, 0.4) is 0 Å². The van der Waals surface area contributed by atoms with Crippen molar-refractivity contribution in [2.45, 2.75) is 18.9 Å². The molecule has 5 nitrogen and oxygen atoms in total. The number of aryl methyl sites for hydroxylation is 1. The van der Waals surface area contributed by atoms with E-state index in [9.17, 15) is 4.79 Å². The summed E-state index contributed by atoms with van der Waals surface area (Å²) in [6.07, 6.45) is 5.63. The van der Waals surface area contributed by atoms with Gasteiger partial charge in [-0.3, -0.25) is 9.48 Å². The van der Waals surface area contributed by atoms with E-state index in [2.05, 4.69) is 10.4 Å². The molecule has 0 bridgehead atoms. The summed E-state index contributed by atoms with van der Waals surface area (Å²) < 4.78 is 6.81. The molecule has 110 valence electrons. The van der Waals surface area contributed by atoms with Crippen LogP contribution < -0.4 is 10.1 Å². The molecule has 0 radical (unpaired) electrons. The fourth-order valence-corrected chi connectivity index (χ4v) is 2.48. The number of ether oxygens (including phenoxy) is 1. The number of benzene rings is 1. The number of nitrogens with one attached hydrogen (secondary N) is 1. The molecule has 1 heterocycles. The van der Waals surface area contributed by atoms with Crippen LogP contribution >= 0.6 is 0 Å². The molecular formula is C16H19N3O2. The van der Waals surface area contributed by atoms with Gasteiger partial charge in [-0.25, -0.2) is 0 Å². The van der Waals surface area contributed by atoms with E-state index in [1.807, 2.05) is 24.3 Å². The Bertz CT molecular complexity index is 629. The topological polar surface area (TPSA) is 56.1 Å². The minimum atomic E-state index is -0.0733. The summed E-state index contributed by atoms with van der Waals surface area (Å²) in [6.45, 7) is 0. The third kappa shape index (κ3) is 3.07. The summed E-state index contributed by atoms with van der Waals surface area (Å²) in [5, 5.41) is 7.17. The SMILES string of the molecule is COc1ccc(C(NC(=O)c2cnn(C)c2)C2CC2)cc1. The van der Waals surface area contributed by atoms with Gasteiger partial charge in [-0.2, -0.15) is 5.10 Å². The zero-order chi connectivity index (χ0) is 14.8. The van der Waals surface area contributed by atoms with Crippen LogP contribution in [0.15, 0.2) is 36.7 Å². The molecule has 0 aliphatic heterocycles. The molecule has 1 aromatic carbocycles. The number of carbonyl (C=O) groups is 1. The van der Waals surface area contributed by atoms with Gasteiger partial charge in [0.05, 0.1) is 24.9 Å². The van der Waals surface area contributed by atoms with Crippen molar-refractivity contribution in [3.05, 3.63) is 47.8 Å². The molecule has 1 amide bonds. The number of rotatable bonds is 5. The monoisotopic (exact) mass is 285 g/mol. The molecule has 1 aromatic heterocycles. The zero-order valence-corrected chi connectivity index (χ0v) is 12.2. The molecule has 0 spiro atoms. The molecule has 1 saturated carbocycles. The fourth-order valence-electron chi connectivity index (χ4n) is 2.48. The Kier molecular flexibility index (Phi) is 3.64. The summed E-state index contributed by atoms with van der Waals surface area (Å²) in [4.78, 5) is 12.3. The molecule has 1 N–H and O–H groups in total. The Balaban J connectivity index is 1.76. The van der Waals surface area contributed by atoms with Gasteiger partial charge < -0.3 is 10.1 Å². The van der Waals surface area contributed by atoms with Crippen LogP contribution in [0.2, 0.25) is 0 Å². The second-order valence-corrected chi connectivity index (χ2v) is 5.46. The van der Waals surface area contributed by atoms with Gasteiger partial charge in [0.1, 0.15) is 5.75 Å². The lowest BCUT2D eigenvalue weighted by Gasteiger charge is -2.18. The summed E-state index contributed by atoms with van der Waals surface area (Å²) in [7, 11) is 3.45. The number of carbonyl (C=O) groups excluding carboxylic acids is 1. The van der Waals surface area contributed by atoms with Crippen molar-refractivity contribution in [2.75, 3.05) is 7.11 Å². The van der Waals surface area contributed by atoms with E-state index in [-0.39, 0.29) is 11.9 Å². The van der Waals surface area contributed by atoms with Gasteiger partial charge in [0, 0.05) is 13.2 Å². The molecule has 1 aliphatic carbocycles. The lowest BCUT2D eigenvalue weighted by atomic mass is 10.0. The molecule has 1 atom stereocenters. The van der Waals surface area contributed by atoms with Crippen molar-refractivity contribution in [3.63, 3.8) is 0 Å². The van der Waals surface area contributed by atoms with Crippen molar-refractivity contribution < 1.29 is 9.53 Å². The molecular weight excluding hydrogens is 266 g/mol. The lowest BCUT2D eigenvalue weighted by Crippen LogP contribution is -2.29. The van der Waals surface area contributed by atoms with Crippen molar-refractivity contribution >= 4 is 5.91 Å². The van der Waals surface area contributed by atoms with E-state index in [1.165, 1.54) is 0 Å². The first-order chi connectivity index (χ1) is 10.2. The largest absolute Gasteiger partial charge is 0.497 e. The van der Waals surface area contributed by atoms with E-state index in [0.717, 1.165) is 24.2 Å². The van der Waals surface area contributed by atoms with E-state index >= 15 is 0 Å². The zero-order valence-electron chi connectivity index (χ0n) is 12.2. The maximum Gasteiger partial charge on any atom is 0.254 e. The second-order valence-electron chi connectivity index (χ2n) is 5.46. The van der Waals surface area contributed by atoms with Crippen LogP contribution in [-0.2, 0) is 7.05 Å². The van der Waals surface area contributed by atoms with Gasteiger partial charge in [0.2, 0.25) is 0 Å². The summed E-state index contributed by atoms with van der Waals surface area (Å²) in [5.41, 5.74) is 1.72. The minimum Gasteiger partial charge on any atom is -0.497 e. The van der Waals surface area contributed by atoms with Gasteiger partial charge in [-0.15, -0.1) is 0 Å². The summed E-state index contributed by atoms with van der Waals surface area (Å²) in [6, 6.07) is 7.96. The van der Waals surface area contributed by atoms with Crippen molar-refractivity contribution in [1.82, 2.24) is 15.1 Å². The fraction of sp³-hybridized carbons (Fsp3) is 0.375. The quantitative estimate of drug-likeness (QED) is 0.917. The normalized spacial score (nSPS) is 15.5. The Labute approximate surface area is 123 Å². The average molecular weight is 285 g/mol. The van der Waals surface area contributed by atoms with Crippen molar-refractivity contribution in [1.29, 1.82) is 0 Å². The summed E-state index contributed by atoms with van der Waals surface area (Å²) in [5.74, 6) is 1.28. The number of methoxy groups -OCH3 is 1. The number of hydrogen-bond donors (Lipinski definition) is 1. The van der Waals surface area contributed by atoms with Gasteiger partial charge in [-0.1, -0.05) is 12.1 Å². The number of amides is 1. The highest BCUT2D eigenvalue weighted by molar-refractivity contribution is 5.94. The van der Waals surface area contributed by atoms with E-state index < -0.39 is 0 Å². The third-order valence-corrected chi connectivity index (χ3v) is 3.82. The van der Waals surface area contributed by atoms with Gasteiger partial charge in [-0.05, 0) is 36.5 Å². The van der Waals surface area contributed by atoms with Crippen LogP contribution in [0, 0.1) is 5.92 Å². The van der Waals surface area contributed by atoms with Gasteiger partial charge in [0.15, 0.2) is 0 Å². The lowest BCUT2D eigenvalue weighted by molar-refractivity contribution is 0.0931. The maximum absolute atomic E-state index is 12.3. The molecule has 2 aromatic rings. The summed E-state index contributed by atoms with van der Waals surface area (Å²) >= 11 is 0. The highest BCUT2D eigenvalue weighted by Crippen LogP contribution is 2.41. The Morgan fingerprint density at radius 2 is 2.10 bits per heavy atom. The van der Waals surface area contributed by atoms with Crippen LogP contribution in [0.4, 0.5) is 0 Å². The van der Waals surface area contributed by atoms with E-state index in [1.54, 1.807) is 31.2 Å². The predicted octanol–water partition coefficient (Wildman–Crippen LogP) is 2.31. The van der Waals surface area contributed by atoms with E-state index in [0.29, 0.717) is 11.5 Å². The molecule has 21 heavy (non-hydrogen) atoms. The van der Waals surface area contributed by atoms with Crippen LogP contribution in [-0.4, -0.2) is 22.8 Å². The highest BCUT2D eigenvalue weighted by Gasteiger charge is 2.33. The van der Waals surface area contributed by atoms with Gasteiger partial charge >= 0.3 is 0 Å². The average Bonchev–Trinajstić information content (AvgIpc) is 3.25. The first kappa shape index (κ1) is 13.7. The molecule has 1 fully saturated rings. The Hall–Kier alpha value is -2.30. The first-order valence-corrected chi connectivity index (χ1v) is 7.11. The molecule has 3 rings (SSSR count). The van der Waals surface area contributed by atoms with Crippen LogP contribution in [0.5, 0.6) is 5.75 Å². The molecule has 5 heteroatoms. The Morgan fingerprint density at radius 1 is 1.38 bits per heavy atom. The number of aromatic nitrogens is 2. The minimum absolute atomic E-state index is 0.0589.